The second-order valence-electron chi connectivity index (χ2n) is 3.92. The van der Waals surface area contributed by atoms with Crippen molar-refractivity contribution in [2.24, 2.45) is 0 Å². The molecule has 0 radical (unpaired) electrons. The lowest BCUT2D eigenvalue weighted by Crippen LogP contribution is -2.14. The van der Waals surface area contributed by atoms with Crippen LogP contribution < -0.4 is 4.72 Å². The van der Waals surface area contributed by atoms with Crippen LogP contribution in [-0.2, 0) is 10.0 Å². The Labute approximate surface area is 124 Å². The molecule has 6 nitrogen and oxygen atoms in total. The Morgan fingerprint density at radius 2 is 2.00 bits per heavy atom. The van der Waals surface area contributed by atoms with Crippen LogP contribution in [0.2, 0.25) is 5.02 Å². The fourth-order valence-electron chi connectivity index (χ4n) is 1.47. The summed E-state index contributed by atoms with van der Waals surface area (Å²) in [5, 5.41) is 8.55. The molecule has 110 valence electrons. The number of benzene rings is 1. The first kappa shape index (κ1) is 15.2. The Kier molecular flexibility index (Phi) is 4.10. The van der Waals surface area contributed by atoms with Crippen LogP contribution in [0.1, 0.15) is 10.5 Å². The number of halogens is 2. The van der Waals surface area contributed by atoms with Gasteiger partial charge in [0.2, 0.25) is 0 Å². The van der Waals surface area contributed by atoms with E-state index in [9.17, 15) is 17.6 Å². The van der Waals surface area contributed by atoms with Crippen molar-refractivity contribution >= 4 is 33.3 Å². The van der Waals surface area contributed by atoms with Crippen LogP contribution in [0, 0.1) is 5.82 Å². The zero-order valence-electron chi connectivity index (χ0n) is 10.2. The van der Waals surface area contributed by atoms with Gasteiger partial charge in [-0.1, -0.05) is 11.6 Å². The lowest BCUT2D eigenvalue weighted by molar-refractivity contribution is 0.0690. The minimum absolute atomic E-state index is 0.0281. The average molecular weight is 331 g/mol. The Hall–Kier alpha value is -2.19. The number of nitrogens with zero attached hydrogens (tertiary/aromatic N) is 1. The van der Waals surface area contributed by atoms with Gasteiger partial charge in [0.25, 0.3) is 10.0 Å². The summed E-state index contributed by atoms with van der Waals surface area (Å²) >= 11 is 5.73. The van der Waals surface area contributed by atoms with Crippen molar-refractivity contribution < 1.29 is 22.7 Å². The largest absolute Gasteiger partial charge is 0.477 e. The highest BCUT2D eigenvalue weighted by Crippen LogP contribution is 2.24. The van der Waals surface area contributed by atoms with Crippen LogP contribution in [0.15, 0.2) is 41.4 Å². The van der Waals surface area contributed by atoms with E-state index in [0.29, 0.717) is 0 Å². The van der Waals surface area contributed by atoms with Gasteiger partial charge in [0.1, 0.15) is 16.4 Å². The fourth-order valence-corrected chi connectivity index (χ4v) is 3.03. The molecule has 0 saturated carbocycles. The number of aromatic nitrogens is 1. The van der Waals surface area contributed by atoms with Crippen LogP contribution in [0.3, 0.4) is 0 Å². The molecule has 2 N–H and O–H groups in total. The molecule has 1 aromatic carbocycles. The van der Waals surface area contributed by atoms with Gasteiger partial charge >= 0.3 is 5.97 Å². The summed E-state index contributed by atoms with van der Waals surface area (Å²) in [5.41, 5.74) is -0.206. The quantitative estimate of drug-likeness (QED) is 0.897. The highest BCUT2D eigenvalue weighted by atomic mass is 35.5. The highest BCUT2D eigenvalue weighted by molar-refractivity contribution is 7.92. The van der Waals surface area contributed by atoms with E-state index in [2.05, 4.69) is 9.71 Å². The van der Waals surface area contributed by atoms with Crippen molar-refractivity contribution in [3.8, 4) is 0 Å². The lowest BCUT2D eigenvalue weighted by atomic mass is 10.3. The van der Waals surface area contributed by atoms with E-state index in [-0.39, 0.29) is 16.4 Å². The third-order valence-corrected chi connectivity index (χ3v) is 4.28. The Bertz CT molecular complexity index is 793. The molecule has 2 rings (SSSR count). The topological polar surface area (TPSA) is 96.4 Å². The minimum Gasteiger partial charge on any atom is -0.477 e. The van der Waals surface area contributed by atoms with Crippen molar-refractivity contribution in [1.82, 2.24) is 4.98 Å². The molecule has 21 heavy (non-hydrogen) atoms. The molecule has 0 aliphatic heterocycles. The van der Waals surface area contributed by atoms with Gasteiger partial charge in [0.15, 0.2) is 0 Å². The molecule has 1 aromatic heterocycles. The number of carbonyl (C=O) groups is 1. The summed E-state index contributed by atoms with van der Waals surface area (Å²) in [4.78, 5) is 13.8. The van der Waals surface area contributed by atoms with E-state index in [1.807, 2.05) is 0 Å². The van der Waals surface area contributed by atoms with Crippen molar-refractivity contribution in [1.29, 1.82) is 0 Å². The third-order valence-electron chi connectivity index (χ3n) is 2.42. The van der Waals surface area contributed by atoms with E-state index in [4.69, 9.17) is 16.7 Å². The van der Waals surface area contributed by atoms with Gasteiger partial charge in [-0.2, -0.15) is 0 Å². The third kappa shape index (κ3) is 3.47. The Morgan fingerprint density at radius 1 is 1.29 bits per heavy atom. The maximum absolute atomic E-state index is 13.1. The molecule has 0 bridgehead atoms. The smallest absolute Gasteiger partial charge is 0.354 e. The predicted molar refractivity (Wildman–Crippen MR) is 73.4 cm³/mol. The molecular weight excluding hydrogens is 323 g/mol. The fraction of sp³-hybridized carbons (Fsp3) is 0. The SMILES string of the molecule is O=C(O)c1ccc(NS(=O)(=O)c2cc(F)ccc2Cl)cn1. The van der Waals surface area contributed by atoms with E-state index in [0.717, 1.165) is 30.5 Å². The van der Waals surface area contributed by atoms with Gasteiger partial charge in [-0.15, -0.1) is 0 Å². The van der Waals surface area contributed by atoms with Crippen molar-refractivity contribution in [3.63, 3.8) is 0 Å². The molecule has 0 fully saturated rings. The van der Waals surface area contributed by atoms with Crippen molar-refractivity contribution in [2.45, 2.75) is 4.90 Å². The van der Waals surface area contributed by atoms with E-state index < -0.39 is 26.7 Å². The predicted octanol–water partition coefficient (Wildman–Crippen LogP) is 2.37. The number of nitrogens with one attached hydrogen (secondary N) is 1. The number of sulfonamides is 1. The van der Waals surface area contributed by atoms with Crippen LogP contribution in [0.4, 0.5) is 10.1 Å². The molecule has 0 unspecified atom stereocenters. The summed E-state index contributed by atoms with van der Waals surface area (Å²) < 4.78 is 39.4. The van der Waals surface area contributed by atoms with Gasteiger partial charge in [0, 0.05) is 0 Å². The second kappa shape index (κ2) is 5.66. The number of hydrogen-bond donors (Lipinski definition) is 2. The number of anilines is 1. The van der Waals surface area contributed by atoms with Crippen LogP contribution >= 0.6 is 11.6 Å². The van der Waals surface area contributed by atoms with E-state index in [1.165, 1.54) is 6.07 Å². The number of rotatable bonds is 4. The van der Waals surface area contributed by atoms with Crippen LogP contribution in [0.25, 0.3) is 0 Å². The standard InChI is InChI=1S/C12H8ClFN2O4S/c13-9-3-1-7(14)5-11(9)21(19,20)16-8-2-4-10(12(17)18)15-6-8/h1-6,16H,(H,17,18). The number of pyridine rings is 1. The first-order chi connectivity index (χ1) is 9.79. The van der Waals surface area contributed by atoms with Gasteiger partial charge in [0.05, 0.1) is 16.9 Å². The number of carboxylic acid groups (broad SMARTS) is 1. The monoisotopic (exact) mass is 330 g/mol. The number of carboxylic acids is 1. The van der Waals surface area contributed by atoms with Crippen molar-refractivity contribution in [3.05, 3.63) is 53.1 Å². The van der Waals surface area contributed by atoms with E-state index >= 15 is 0 Å². The van der Waals surface area contributed by atoms with Crippen molar-refractivity contribution in [2.75, 3.05) is 4.72 Å². The zero-order valence-corrected chi connectivity index (χ0v) is 11.8. The zero-order chi connectivity index (χ0) is 15.6. The summed E-state index contributed by atoms with van der Waals surface area (Å²) in [7, 11) is -4.11. The molecular formula is C12H8ClFN2O4S. The molecule has 2 aromatic rings. The maximum atomic E-state index is 13.1. The Balaban J connectivity index is 2.33. The summed E-state index contributed by atoms with van der Waals surface area (Å²) in [6.45, 7) is 0. The first-order valence-corrected chi connectivity index (χ1v) is 7.33. The molecule has 1 heterocycles. The van der Waals surface area contributed by atoms with Gasteiger partial charge in [-0.25, -0.2) is 22.6 Å². The maximum Gasteiger partial charge on any atom is 0.354 e. The average Bonchev–Trinajstić information content (AvgIpc) is 2.41. The molecule has 0 aliphatic carbocycles. The molecule has 0 saturated heterocycles. The lowest BCUT2D eigenvalue weighted by Gasteiger charge is -2.09. The van der Waals surface area contributed by atoms with Crippen LogP contribution in [0.5, 0.6) is 0 Å². The van der Waals surface area contributed by atoms with E-state index in [1.54, 1.807) is 0 Å². The molecule has 0 amide bonds. The normalized spacial score (nSPS) is 11.1. The minimum atomic E-state index is -4.11. The first-order valence-electron chi connectivity index (χ1n) is 5.47. The van der Waals surface area contributed by atoms with Gasteiger partial charge < -0.3 is 5.11 Å². The summed E-state index contributed by atoms with van der Waals surface area (Å²) in [6.07, 6.45) is 1.04. The number of aromatic carboxylic acids is 1. The molecule has 9 heteroatoms. The second-order valence-corrected chi connectivity index (χ2v) is 5.98. The summed E-state index contributed by atoms with van der Waals surface area (Å²) in [6, 6.07) is 5.29. The summed E-state index contributed by atoms with van der Waals surface area (Å²) in [5.74, 6) is -1.99. The molecule has 0 spiro atoms. The number of hydrogen-bond acceptors (Lipinski definition) is 4. The van der Waals surface area contributed by atoms with Gasteiger partial charge in [-0.3, -0.25) is 4.72 Å². The van der Waals surface area contributed by atoms with Crippen LogP contribution in [-0.4, -0.2) is 24.5 Å². The molecule has 0 atom stereocenters. The molecule has 0 aliphatic rings. The van der Waals surface area contributed by atoms with Gasteiger partial charge in [-0.05, 0) is 30.3 Å². The highest BCUT2D eigenvalue weighted by Gasteiger charge is 2.19. The Morgan fingerprint density at radius 3 is 2.57 bits per heavy atom.